The van der Waals surface area contributed by atoms with Gasteiger partial charge in [-0.05, 0) is 13.3 Å². The van der Waals surface area contributed by atoms with E-state index in [2.05, 4.69) is 6.92 Å². The van der Waals surface area contributed by atoms with E-state index in [9.17, 15) is 4.79 Å². The molecule has 0 saturated carbocycles. The summed E-state index contributed by atoms with van der Waals surface area (Å²) in [6.07, 6.45) is 0.977. The third-order valence-corrected chi connectivity index (χ3v) is 3.10. The van der Waals surface area contributed by atoms with Crippen LogP contribution in [0.5, 0.6) is 0 Å². The van der Waals surface area contributed by atoms with E-state index in [1.54, 1.807) is 16.7 Å². The number of nitrogens with two attached hydrogens (primary N) is 1. The first-order valence-corrected chi connectivity index (χ1v) is 5.84. The summed E-state index contributed by atoms with van der Waals surface area (Å²) in [5.74, 6) is 1.62. The van der Waals surface area contributed by atoms with Gasteiger partial charge in [0.25, 0.3) is 0 Å². The fraction of sp³-hybridized carbons (Fsp3) is 0.889. The van der Waals surface area contributed by atoms with Crippen molar-refractivity contribution in [3.63, 3.8) is 0 Å². The van der Waals surface area contributed by atoms with Gasteiger partial charge in [0.15, 0.2) is 0 Å². The van der Waals surface area contributed by atoms with Crippen molar-refractivity contribution in [3.05, 3.63) is 0 Å². The van der Waals surface area contributed by atoms with Crippen LogP contribution in [0.2, 0.25) is 0 Å². The standard InChI is InChI=1S/C9H20N2OS/c1-4-8(10)6-13-7-9(12)11(3)5-2/h8H,4-7,10H2,1-3H3. The third kappa shape index (κ3) is 5.93. The highest BCUT2D eigenvalue weighted by Gasteiger charge is 2.07. The average molecular weight is 204 g/mol. The average Bonchev–Trinajstić information content (AvgIpc) is 2.15. The number of nitrogens with zero attached hydrogens (tertiary/aromatic N) is 1. The van der Waals surface area contributed by atoms with Gasteiger partial charge in [-0.15, -0.1) is 0 Å². The number of hydrogen-bond acceptors (Lipinski definition) is 3. The first-order valence-electron chi connectivity index (χ1n) is 4.69. The van der Waals surface area contributed by atoms with E-state index in [-0.39, 0.29) is 11.9 Å². The second-order valence-electron chi connectivity index (χ2n) is 3.09. The summed E-state index contributed by atoms with van der Waals surface area (Å²) in [4.78, 5) is 13.0. The zero-order chi connectivity index (χ0) is 10.3. The molecule has 1 atom stereocenters. The second kappa shape index (κ2) is 7.21. The van der Waals surface area contributed by atoms with Gasteiger partial charge in [-0.3, -0.25) is 4.79 Å². The van der Waals surface area contributed by atoms with Crippen LogP contribution in [-0.2, 0) is 4.79 Å². The van der Waals surface area contributed by atoms with Crippen LogP contribution < -0.4 is 5.73 Å². The molecule has 1 amide bonds. The van der Waals surface area contributed by atoms with Crippen molar-refractivity contribution in [3.8, 4) is 0 Å². The Morgan fingerprint density at radius 2 is 2.15 bits per heavy atom. The van der Waals surface area contributed by atoms with Gasteiger partial charge in [-0.25, -0.2) is 0 Å². The SMILES string of the molecule is CCC(N)CSCC(=O)N(C)CC. The van der Waals surface area contributed by atoms with Gasteiger partial charge >= 0.3 is 0 Å². The maximum atomic E-state index is 11.3. The molecule has 0 radical (unpaired) electrons. The fourth-order valence-electron chi connectivity index (χ4n) is 0.702. The van der Waals surface area contributed by atoms with Crippen molar-refractivity contribution in [2.45, 2.75) is 26.3 Å². The van der Waals surface area contributed by atoms with Crippen LogP contribution in [0.4, 0.5) is 0 Å². The zero-order valence-corrected chi connectivity index (χ0v) is 9.56. The summed E-state index contributed by atoms with van der Waals surface area (Å²) in [5, 5.41) is 0. The van der Waals surface area contributed by atoms with Gasteiger partial charge in [0.1, 0.15) is 0 Å². The molecule has 4 heteroatoms. The maximum absolute atomic E-state index is 11.3. The Labute approximate surface area is 85.0 Å². The molecule has 0 aliphatic carbocycles. The second-order valence-corrected chi connectivity index (χ2v) is 4.12. The van der Waals surface area contributed by atoms with Gasteiger partial charge in [0, 0.05) is 25.4 Å². The van der Waals surface area contributed by atoms with Crippen molar-refractivity contribution >= 4 is 17.7 Å². The number of carbonyl (C=O) groups is 1. The Hall–Kier alpha value is -0.220. The van der Waals surface area contributed by atoms with Crippen LogP contribution in [0.15, 0.2) is 0 Å². The molecule has 0 aromatic heterocycles. The van der Waals surface area contributed by atoms with E-state index in [1.807, 2.05) is 14.0 Å². The Bertz CT molecular complexity index is 153. The van der Waals surface area contributed by atoms with Crippen molar-refractivity contribution in [1.82, 2.24) is 4.90 Å². The lowest BCUT2D eigenvalue weighted by Gasteiger charge is -2.14. The molecule has 0 bridgehead atoms. The van der Waals surface area contributed by atoms with E-state index in [0.717, 1.165) is 18.7 Å². The molecule has 0 fully saturated rings. The van der Waals surface area contributed by atoms with Crippen molar-refractivity contribution in [1.29, 1.82) is 0 Å². The molecule has 0 rings (SSSR count). The van der Waals surface area contributed by atoms with Gasteiger partial charge in [-0.1, -0.05) is 6.92 Å². The third-order valence-electron chi connectivity index (χ3n) is 1.98. The topological polar surface area (TPSA) is 46.3 Å². The molecule has 1 unspecified atom stereocenters. The fourth-order valence-corrected chi connectivity index (χ4v) is 1.75. The van der Waals surface area contributed by atoms with Crippen molar-refractivity contribution in [2.24, 2.45) is 5.73 Å². The molecule has 0 heterocycles. The predicted molar refractivity (Wildman–Crippen MR) is 58.9 cm³/mol. The van der Waals surface area contributed by atoms with Crippen LogP contribution in [0.25, 0.3) is 0 Å². The molecule has 0 aliphatic heterocycles. The van der Waals surface area contributed by atoms with E-state index in [1.165, 1.54) is 0 Å². The maximum Gasteiger partial charge on any atom is 0.232 e. The van der Waals surface area contributed by atoms with E-state index in [4.69, 9.17) is 5.73 Å². The molecule has 0 spiro atoms. The summed E-state index contributed by atoms with van der Waals surface area (Å²) in [6.45, 7) is 4.81. The van der Waals surface area contributed by atoms with E-state index >= 15 is 0 Å². The first kappa shape index (κ1) is 12.8. The number of thioether (sulfide) groups is 1. The monoisotopic (exact) mass is 204 g/mol. The number of carbonyl (C=O) groups excluding carboxylic acids is 1. The van der Waals surface area contributed by atoms with Crippen molar-refractivity contribution < 1.29 is 4.79 Å². The highest BCUT2D eigenvalue weighted by Crippen LogP contribution is 2.04. The molecule has 2 N–H and O–H groups in total. The Balaban J connectivity index is 3.47. The normalized spacial score (nSPS) is 12.6. The van der Waals surface area contributed by atoms with E-state index < -0.39 is 0 Å². The molecule has 3 nitrogen and oxygen atoms in total. The lowest BCUT2D eigenvalue weighted by molar-refractivity contribution is -0.126. The van der Waals surface area contributed by atoms with Crippen LogP contribution in [0.3, 0.4) is 0 Å². The number of rotatable bonds is 6. The minimum atomic E-state index is 0.191. The summed E-state index contributed by atoms with van der Waals surface area (Å²) in [6, 6.07) is 0.227. The smallest absolute Gasteiger partial charge is 0.232 e. The lowest BCUT2D eigenvalue weighted by atomic mass is 10.3. The minimum Gasteiger partial charge on any atom is -0.345 e. The molecule has 0 aromatic carbocycles. The van der Waals surface area contributed by atoms with E-state index in [0.29, 0.717) is 5.75 Å². The molecular weight excluding hydrogens is 184 g/mol. The summed E-state index contributed by atoms with van der Waals surface area (Å²) in [5.41, 5.74) is 5.72. The largest absolute Gasteiger partial charge is 0.345 e. The lowest BCUT2D eigenvalue weighted by Crippen LogP contribution is -2.29. The van der Waals surface area contributed by atoms with Crippen LogP contribution in [0.1, 0.15) is 20.3 Å². The highest BCUT2D eigenvalue weighted by atomic mass is 32.2. The van der Waals surface area contributed by atoms with Gasteiger partial charge in [0.2, 0.25) is 5.91 Å². The number of amides is 1. The molecule has 0 aliphatic rings. The molecule has 78 valence electrons. The summed E-state index contributed by atoms with van der Waals surface area (Å²) >= 11 is 1.62. The molecule has 13 heavy (non-hydrogen) atoms. The van der Waals surface area contributed by atoms with Crippen LogP contribution in [-0.4, -0.2) is 41.9 Å². The van der Waals surface area contributed by atoms with Gasteiger partial charge < -0.3 is 10.6 Å². The van der Waals surface area contributed by atoms with Gasteiger partial charge in [0.05, 0.1) is 5.75 Å². The zero-order valence-electron chi connectivity index (χ0n) is 8.75. The first-order chi connectivity index (χ1) is 6.11. The molecule has 0 saturated heterocycles. The number of hydrogen-bond donors (Lipinski definition) is 1. The van der Waals surface area contributed by atoms with Crippen LogP contribution >= 0.6 is 11.8 Å². The van der Waals surface area contributed by atoms with Gasteiger partial charge in [-0.2, -0.15) is 11.8 Å². The molecular formula is C9H20N2OS. The minimum absolute atomic E-state index is 0.191. The molecule has 0 aromatic rings. The highest BCUT2D eigenvalue weighted by molar-refractivity contribution is 7.99. The Morgan fingerprint density at radius 3 is 2.62 bits per heavy atom. The summed E-state index contributed by atoms with van der Waals surface area (Å²) in [7, 11) is 1.82. The van der Waals surface area contributed by atoms with Crippen LogP contribution in [0, 0.1) is 0 Å². The quantitative estimate of drug-likeness (QED) is 0.700. The Morgan fingerprint density at radius 1 is 1.54 bits per heavy atom. The summed E-state index contributed by atoms with van der Waals surface area (Å²) < 4.78 is 0. The Kier molecular flexibility index (Phi) is 7.09. The predicted octanol–water partition coefficient (Wildman–Crippen LogP) is 0.935. The van der Waals surface area contributed by atoms with Crippen molar-refractivity contribution in [2.75, 3.05) is 25.1 Å².